The lowest BCUT2D eigenvalue weighted by molar-refractivity contribution is -0.141. The number of nitrogens with one attached hydrogen (secondary N) is 2. The molecule has 2 N–H and O–H groups in total. The summed E-state index contributed by atoms with van der Waals surface area (Å²) in [5.41, 5.74) is -1.42. The second-order valence-corrected chi connectivity index (χ2v) is 7.51. The van der Waals surface area contributed by atoms with E-state index in [2.05, 4.69) is 20.6 Å². The first kappa shape index (κ1) is 21.8. The highest BCUT2D eigenvalue weighted by Gasteiger charge is 2.38. The number of carbonyl (C=O) groups is 1. The second kappa shape index (κ2) is 9.30. The summed E-state index contributed by atoms with van der Waals surface area (Å²) in [5.74, 6) is -0.939. The van der Waals surface area contributed by atoms with Crippen LogP contribution in [0.25, 0.3) is 0 Å². The van der Waals surface area contributed by atoms with Crippen LogP contribution in [0.3, 0.4) is 0 Å². The summed E-state index contributed by atoms with van der Waals surface area (Å²) in [7, 11) is 0. The van der Waals surface area contributed by atoms with E-state index in [4.69, 9.17) is 16.9 Å². The van der Waals surface area contributed by atoms with E-state index in [1.807, 2.05) is 6.07 Å². The maximum absolute atomic E-state index is 13.5. The van der Waals surface area contributed by atoms with E-state index >= 15 is 0 Å². The van der Waals surface area contributed by atoms with Crippen LogP contribution in [0.15, 0.2) is 24.4 Å². The van der Waals surface area contributed by atoms with Gasteiger partial charge in [-0.3, -0.25) is 4.79 Å². The predicted molar refractivity (Wildman–Crippen MR) is 105 cm³/mol. The maximum Gasteiger partial charge on any atom is 0.434 e. The largest absolute Gasteiger partial charge is 0.434 e. The van der Waals surface area contributed by atoms with Crippen LogP contribution < -0.4 is 10.6 Å². The summed E-state index contributed by atoms with van der Waals surface area (Å²) in [6.07, 6.45) is 1.20. The van der Waals surface area contributed by atoms with Gasteiger partial charge < -0.3 is 10.6 Å². The van der Waals surface area contributed by atoms with Crippen molar-refractivity contribution in [3.63, 3.8) is 0 Å². The Morgan fingerprint density at radius 1 is 1.27 bits per heavy atom. The maximum atomic E-state index is 13.5. The Bertz CT molecular complexity index is 968. The third-order valence-electron chi connectivity index (χ3n) is 4.92. The van der Waals surface area contributed by atoms with Gasteiger partial charge in [0.05, 0.1) is 27.9 Å². The minimum Gasteiger partial charge on any atom is -0.352 e. The van der Waals surface area contributed by atoms with Crippen molar-refractivity contribution in [2.24, 2.45) is 5.92 Å². The Hall–Kier alpha value is -2.86. The quantitative estimate of drug-likeness (QED) is 0.681. The fraction of sp³-hybridized carbons (Fsp3) is 0.400. The van der Waals surface area contributed by atoms with Gasteiger partial charge in [0.15, 0.2) is 5.69 Å². The van der Waals surface area contributed by atoms with E-state index in [-0.39, 0.29) is 22.6 Å². The zero-order valence-electron chi connectivity index (χ0n) is 15.9. The number of rotatable bonds is 5. The topological polar surface area (TPSA) is 90.7 Å². The number of hydrogen-bond acceptors (Lipinski definition) is 5. The Morgan fingerprint density at radius 2 is 2.00 bits per heavy atom. The van der Waals surface area contributed by atoms with Crippen LogP contribution in [-0.2, 0) is 6.18 Å². The Kier molecular flexibility index (Phi) is 6.77. The SMILES string of the molecule is N#Cc1ccc(Nc2ncc(C(=O)NCC3CCCCC3)c(C(F)(F)F)n2)c(Cl)c1. The number of hydrogen-bond donors (Lipinski definition) is 2. The molecule has 1 fully saturated rings. The number of anilines is 2. The smallest absolute Gasteiger partial charge is 0.352 e. The molecule has 0 radical (unpaired) electrons. The standard InChI is InChI=1S/C20H19ClF3N5O/c21-15-8-13(9-25)6-7-16(15)28-19-27-11-14(17(29-19)20(22,23)24)18(30)26-10-12-4-2-1-3-5-12/h6-8,11-12H,1-5,10H2,(H,26,30)(H,27,28,29). The molecule has 3 rings (SSSR count). The molecule has 1 saturated carbocycles. The molecule has 1 heterocycles. The van der Waals surface area contributed by atoms with Gasteiger partial charge in [-0.15, -0.1) is 0 Å². The fourth-order valence-electron chi connectivity index (χ4n) is 3.35. The molecule has 6 nitrogen and oxygen atoms in total. The number of benzene rings is 1. The molecule has 0 aliphatic heterocycles. The van der Waals surface area contributed by atoms with Crippen LogP contribution in [0.1, 0.15) is 53.7 Å². The number of nitrogens with zero attached hydrogens (tertiary/aromatic N) is 3. The Balaban J connectivity index is 1.79. The molecule has 0 atom stereocenters. The summed E-state index contributed by atoms with van der Waals surface area (Å²) in [4.78, 5) is 19.7. The normalized spacial score (nSPS) is 14.8. The van der Waals surface area contributed by atoms with Crippen molar-refractivity contribution in [1.29, 1.82) is 5.26 Å². The highest BCUT2D eigenvalue weighted by molar-refractivity contribution is 6.33. The van der Waals surface area contributed by atoms with Gasteiger partial charge in [0.1, 0.15) is 0 Å². The van der Waals surface area contributed by atoms with Gasteiger partial charge in [-0.05, 0) is 37.0 Å². The molecule has 30 heavy (non-hydrogen) atoms. The minimum atomic E-state index is -4.84. The molecule has 0 unspecified atom stereocenters. The predicted octanol–water partition coefficient (Wildman–Crippen LogP) is 5.07. The van der Waals surface area contributed by atoms with E-state index in [0.29, 0.717) is 12.1 Å². The zero-order valence-corrected chi connectivity index (χ0v) is 16.6. The molecule has 158 valence electrons. The van der Waals surface area contributed by atoms with Crippen molar-refractivity contribution in [1.82, 2.24) is 15.3 Å². The van der Waals surface area contributed by atoms with Crippen LogP contribution in [0.5, 0.6) is 0 Å². The van der Waals surface area contributed by atoms with E-state index in [1.54, 1.807) is 0 Å². The number of carbonyl (C=O) groups excluding carboxylic acids is 1. The van der Waals surface area contributed by atoms with Crippen molar-refractivity contribution in [2.75, 3.05) is 11.9 Å². The van der Waals surface area contributed by atoms with Crippen molar-refractivity contribution in [3.05, 3.63) is 46.2 Å². The van der Waals surface area contributed by atoms with Crippen LogP contribution >= 0.6 is 11.6 Å². The van der Waals surface area contributed by atoms with E-state index in [9.17, 15) is 18.0 Å². The van der Waals surface area contributed by atoms with Crippen LogP contribution in [-0.4, -0.2) is 22.4 Å². The first-order chi connectivity index (χ1) is 14.3. The van der Waals surface area contributed by atoms with Crippen LogP contribution in [0, 0.1) is 17.2 Å². The first-order valence-electron chi connectivity index (χ1n) is 9.47. The molecule has 2 aromatic rings. The zero-order chi connectivity index (χ0) is 21.7. The molecule has 0 spiro atoms. The molecule has 1 amide bonds. The van der Waals surface area contributed by atoms with Crippen molar-refractivity contribution >= 4 is 29.1 Å². The number of nitriles is 1. The summed E-state index contributed by atoms with van der Waals surface area (Å²) in [5, 5.41) is 14.2. The number of aromatic nitrogens is 2. The molecule has 0 bridgehead atoms. The minimum absolute atomic E-state index is 0.125. The summed E-state index contributed by atoms with van der Waals surface area (Å²) in [6.45, 7) is 0.330. The molecule has 10 heteroatoms. The lowest BCUT2D eigenvalue weighted by Gasteiger charge is -2.22. The van der Waals surface area contributed by atoms with Gasteiger partial charge in [-0.25, -0.2) is 9.97 Å². The monoisotopic (exact) mass is 437 g/mol. The highest BCUT2D eigenvalue weighted by Crippen LogP contribution is 2.32. The molecular weight excluding hydrogens is 419 g/mol. The average molecular weight is 438 g/mol. The van der Waals surface area contributed by atoms with Gasteiger partial charge in [0, 0.05) is 12.7 Å². The molecule has 1 aromatic heterocycles. The summed E-state index contributed by atoms with van der Waals surface area (Å²) >= 11 is 6.03. The molecule has 0 saturated heterocycles. The lowest BCUT2D eigenvalue weighted by Crippen LogP contribution is -2.32. The van der Waals surface area contributed by atoms with Crippen molar-refractivity contribution in [3.8, 4) is 6.07 Å². The third-order valence-corrected chi connectivity index (χ3v) is 5.24. The van der Waals surface area contributed by atoms with Crippen molar-refractivity contribution < 1.29 is 18.0 Å². The highest BCUT2D eigenvalue weighted by atomic mass is 35.5. The molecular formula is C20H19ClF3N5O. The van der Waals surface area contributed by atoms with Gasteiger partial charge in [0.2, 0.25) is 5.95 Å². The van der Waals surface area contributed by atoms with Gasteiger partial charge in [-0.2, -0.15) is 18.4 Å². The molecule has 1 aliphatic rings. The summed E-state index contributed by atoms with van der Waals surface area (Å²) in [6, 6.07) is 6.15. The fourth-order valence-corrected chi connectivity index (χ4v) is 3.58. The number of alkyl halides is 3. The summed E-state index contributed by atoms with van der Waals surface area (Å²) < 4.78 is 40.6. The van der Waals surface area contributed by atoms with E-state index in [0.717, 1.165) is 38.3 Å². The number of amides is 1. The lowest BCUT2D eigenvalue weighted by atomic mass is 9.89. The van der Waals surface area contributed by atoms with Crippen molar-refractivity contribution in [2.45, 2.75) is 38.3 Å². The van der Waals surface area contributed by atoms with E-state index < -0.39 is 23.3 Å². The average Bonchev–Trinajstić information content (AvgIpc) is 2.73. The third kappa shape index (κ3) is 5.39. The van der Waals surface area contributed by atoms with Gasteiger partial charge in [0.25, 0.3) is 5.91 Å². The van der Waals surface area contributed by atoms with Crippen LogP contribution in [0.4, 0.5) is 24.8 Å². The van der Waals surface area contributed by atoms with E-state index in [1.165, 1.54) is 18.2 Å². The van der Waals surface area contributed by atoms with Crippen LogP contribution in [0.2, 0.25) is 5.02 Å². The molecule has 1 aromatic carbocycles. The van der Waals surface area contributed by atoms with Gasteiger partial charge in [-0.1, -0.05) is 30.9 Å². The first-order valence-corrected chi connectivity index (χ1v) is 9.85. The Morgan fingerprint density at radius 3 is 2.63 bits per heavy atom. The molecule has 1 aliphatic carbocycles. The Labute approximate surface area is 176 Å². The second-order valence-electron chi connectivity index (χ2n) is 7.10. The van der Waals surface area contributed by atoms with Gasteiger partial charge >= 0.3 is 6.18 Å². The number of halogens is 4.